The summed E-state index contributed by atoms with van der Waals surface area (Å²) in [5, 5.41) is 5.52. The van der Waals surface area contributed by atoms with Crippen LogP contribution in [0, 0.1) is 6.92 Å². The lowest BCUT2D eigenvalue weighted by atomic mass is 10.1. The zero-order valence-corrected chi connectivity index (χ0v) is 14.2. The standard InChI is InChI=1S/C18H29N3O2/c1-3-4-5-16(12-19)21-18(23)13-20-17(22)11-10-15-8-6-14(2)7-9-15/h6-9,16H,3-5,10-13,19H2,1-2H3,(H,20,22)(H,21,23). The molecule has 0 aliphatic rings. The summed E-state index contributed by atoms with van der Waals surface area (Å²) in [6, 6.07) is 8.10. The quantitative estimate of drug-likeness (QED) is 0.613. The Morgan fingerprint density at radius 3 is 2.48 bits per heavy atom. The van der Waals surface area contributed by atoms with E-state index < -0.39 is 0 Å². The van der Waals surface area contributed by atoms with Crippen LogP contribution >= 0.6 is 0 Å². The fourth-order valence-electron chi connectivity index (χ4n) is 2.26. The van der Waals surface area contributed by atoms with Crippen molar-refractivity contribution in [1.82, 2.24) is 10.6 Å². The number of nitrogens with one attached hydrogen (secondary N) is 2. The first-order chi connectivity index (χ1) is 11.0. The second-order valence-electron chi connectivity index (χ2n) is 5.90. The van der Waals surface area contributed by atoms with E-state index in [2.05, 4.69) is 17.6 Å². The summed E-state index contributed by atoms with van der Waals surface area (Å²) in [6.45, 7) is 4.57. The van der Waals surface area contributed by atoms with Crippen LogP contribution in [-0.2, 0) is 16.0 Å². The van der Waals surface area contributed by atoms with Crippen LogP contribution in [0.3, 0.4) is 0 Å². The van der Waals surface area contributed by atoms with E-state index in [4.69, 9.17) is 5.73 Å². The van der Waals surface area contributed by atoms with Gasteiger partial charge in [0.15, 0.2) is 0 Å². The molecule has 128 valence electrons. The van der Waals surface area contributed by atoms with Crippen molar-refractivity contribution in [3.63, 3.8) is 0 Å². The molecule has 5 heteroatoms. The highest BCUT2D eigenvalue weighted by atomic mass is 16.2. The van der Waals surface area contributed by atoms with Crippen LogP contribution in [0.1, 0.15) is 43.7 Å². The molecule has 0 saturated heterocycles. The molecule has 1 aromatic rings. The van der Waals surface area contributed by atoms with Crippen LogP contribution in [0.15, 0.2) is 24.3 Å². The molecule has 0 spiro atoms. The van der Waals surface area contributed by atoms with Crippen molar-refractivity contribution < 1.29 is 9.59 Å². The molecule has 0 aliphatic carbocycles. The summed E-state index contributed by atoms with van der Waals surface area (Å²) in [7, 11) is 0. The number of amides is 2. The molecule has 0 fully saturated rings. The lowest BCUT2D eigenvalue weighted by molar-refractivity contribution is -0.126. The molecule has 1 rings (SSSR count). The third-order valence-electron chi connectivity index (χ3n) is 3.76. The van der Waals surface area contributed by atoms with Crippen LogP contribution in [-0.4, -0.2) is 30.9 Å². The molecule has 0 radical (unpaired) electrons. The predicted octanol–water partition coefficient (Wildman–Crippen LogP) is 1.68. The summed E-state index contributed by atoms with van der Waals surface area (Å²) in [5.74, 6) is -0.293. The molecule has 0 saturated carbocycles. The normalized spacial score (nSPS) is 11.8. The van der Waals surface area contributed by atoms with E-state index in [1.165, 1.54) is 5.56 Å². The van der Waals surface area contributed by atoms with Crippen molar-refractivity contribution in [3.05, 3.63) is 35.4 Å². The minimum absolute atomic E-state index is 0.00749. The van der Waals surface area contributed by atoms with E-state index in [0.717, 1.165) is 24.8 Å². The Kier molecular flexibility index (Phi) is 8.98. The van der Waals surface area contributed by atoms with Crippen molar-refractivity contribution in [2.75, 3.05) is 13.1 Å². The van der Waals surface area contributed by atoms with Gasteiger partial charge < -0.3 is 16.4 Å². The van der Waals surface area contributed by atoms with Crippen LogP contribution in [0.5, 0.6) is 0 Å². The highest BCUT2D eigenvalue weighted by molar-refractivity contribution is 5.84. The second kappa shape index (κ2) is 10.8. The van der Waals surface area contributed by atoms with Gasteiger partial charge in [-0.1, -0.05) is 49.6 Å². The zero-order valence-electron chi connectivity index (χ0n) is 14.2. The molecule has 1 aromatic carbocycles. The lowest BCUT2D eigenvalue weighted by Crippen LogP contribution is -2.45. The van der Waals surface area contributed by atoms with E-state index >= 15 is 0 Å². The molecule has 1 atom stereocenters. The Balaban J connectivity index is 2.23. The monoisotopic (exact) mass is 319 g/mol. The Morgan fingerprint density at radius 2 is 1.87 bits per heavy atom. The lowest BCUT2D eigenvalue weighted by Gasteiger charge is -2.16. The first-order valence-electron chi connectivity index (χ1n) is 8.36. The Morgan fingerprint density at radius 1 is 1.17 bits per heavy atom. The number of benzene rings is 1. The molecule has 2 amide bonds. The molecule has 0 bridgehead atoms. The molecule has 5 nitrogen and oxygen atoms in total. The second-order valence-corrected chi connectivity index (χ2v) is 5.90. The summed E-state index contributed by atoms with van der Waals surface area (Å²) < 4.78 is 0. The van der Waals surface area contributed by atoms with Gasteiger partial charge in [0.25, 0.3) is 0 Å². The first kappa shape index (κ1) is 19.2. The number of hydrogen-bond acceptors (Lipinski definition) is 3. The maximum Gasteiger partial charge on any atom is 0.239 e. The van der Waals surface area contributed by atoms with Crippen LogP contribution < -0.4 is 16.4 Å². The van der Waals surface area contributed by atoms with Crippen LogP contribution in [0.4, 0.5) is 0 Å². The maximum absolute atomic E-state index is 11.8. The fraction of sp³-hybridized carbons (Fsp3) is 0.556. The maximum atomic E-state index is 11.8. The molecule has 0 heterocycles. The predicted molar refractivity (Wildman–Crippen MR) is 93.0 cm³/mol. The van der Waals surface area contributed by atoms with E-state index in [0.29, 0.717) is 19.4 Å². The number of nitrogens with two attached hydrogens (primary N) is 1. The minimum atomic E-state index is -0.180. The molecule has 1 unspecified atom stereocenters. The third kappa shape index (κ3) is 8.35. The fourth-order valence-corrected chi connectivity index (χ4v) is 2.26. The van der Waals surface area contributed by atoms with Crippen LogP contribution in [0.25, 0.3) is 0 Å². The zero-order chi connectivity index (χ0) is 17.1. The number of aryl methyl sites for hydroxylation is 2. The van der Waals surface area contributed by atoms with Gasteiger partial charge in [-0.05, 0) is 25.3 Å². The summed E-state index contributed by atoms with van der Waals surface area (Å²) >= 11 is 0. The Labute approximate surface area is 139 Å². The average Bonchev–Trinajstić information content (AvgIpc) is 2.56. The highest BCUT2D eigenvalue weighted by Gasteiger charge is 2.11. The van der Waals surface area contributed by atoms with Gasteiger partial charge >= 0.3 is 0 Å². The topological polar surface area (TPSA) is 84.2 Å². The number of unbranched alkanes of at least 4 members (excludes halogenated alkanes) is 1. The largest absolute Gasteiger partial charge is 0.351 e. The summed E-state index contributed by atoms with van der Waals surface area (Å²) in [6.07, 6.45) is 4.04. The molecule has 0 aliphatic heterocycles. The first-order valence-corrected chi connectivity index (χ1v) is 8.36. The average molecular weight is 319 g/mol. The van der Waals surface area contributed by atoms with Crippen molar-refractivity contribution in [3.8, 4) is 0 Å². The summed E-state index contributed by atoms with van der Waals surface area (Å²) in [5.41, 5.74) is 7.96. The van der Waals surface area contributed by atoms with E-state index in [-0.39, 0.29) is 24.4 Å². The number of hydrogen-bond donors (Lipinski definition) is 3. The van der Waals surface area contributed by atoms with Gasteiger partial charge in [0, 0.05) is 19.0 Å². The van der Waals surface area contributed by atoms with Gasteiger partial charge in [0.05, 0.1) is 6.54 Å². The van der Waals surface area contributed by atoms with Crippen molar-refractivity contribution in [2.24, 2.45) is 5.73 Å². The molecular formula is C18H29N3O2. The Bertz CT molecular complexity index is 486. The van der Waals surface area contributed by atoms with Crippen molar-refractivity contribution in [2.45, 2.75) is 52.0 Å². The van der Waals surface area contributed by atoms with Crippen molar-refractivity contribution >= 4 is 11.8 Å². The smallest absolute Gasteiger partial charge is 0.239 e. The minimum Gasteiger partial charge on any atom is -0.351 e. The number of carbonyl (C=O) groups is 2. The van der Waals surface area contributed by atoms with E-state index in [1.54, 1.807) is 0 Å². The van der Waals surface area contributed by atoms with Gasteiger partial charge in [-0.15, -0.1) is 0 Å². The summed E-state index contributed by atoms with van der Waals surface area (Å²) in [4.78, 5) is 23.6. The van der Waals surface area contributed by atoms with E-state index in [9.17, 15) is 9.59 Å². The van der Waals surface area contributed by atoms with Gasteiger partial charge in [0.1, 0.15) is 0 Å². The van der Waals surface area contributed by atoms with Crippen LogP contribution in [0.2, 0.25) is 0 Å². The molecule has 4 N–H and O–H groups in total. The Hall–Kier alpha value is -1.88. The third-order valence-corrected chi connectivity index (χ3v) is 3.76. The van der Waals surface area contributed by atoms with Gasteiger partial charge in [-0.2, -0.15) is 0 Å². The van der Waals surface area contributed by atoms with Gasteiger partial charge in [-0.3, -0.25) is 9.59 Å². The number of carbonyl (C=O) groups excluding carboxylic acids is 2. The molecule has 0 aromatic heterocycles. The highest BCUT2D eigenvalue weighted by Crippen LogP contribution is 2.05. The van der Waals surface area contributed by atoms with E-state index in [1.807, 2.05) is 31.2 Å². The molecular weight excluding hydrogens is 290 g/mol. The van der Waals surface area contributed by atoms with Crippen molar-refractivity contribution in [1.29, 1.82) is 0 Å². The number of rotatable bonds is 10. The van der Waals surface area contributed by atoms with Gasteiger partial charge in [0.2, 0.25) is 11.8 Å². The molecule has 23 heavy (non-hydrogen) atoms. The van der Waals surface area contributed by atoms with Gasteiger partial charge in [-0.25, -0.2) is 0 Å². The SMILES string of the molecule is CCCCC(CN)NC(=O)CNC(=O)CCc1ccc(C)cc1.